The van der Waals surface area contributed by atoms with Crippen LogP contribution in [-0.4, -0.2) is 5.16 Å². The number of benzene rings is 3. The Morgan fingerprint density at radius 3 is 2.29 bits per heavy atom. The van der Waals surface area contributed by atoms with Gasteiger partial charge in [-0.1, -0.05) is 67.1 Å². The summed E-state index contributed by atoms with van der Waals surface area (Å²) in [5.41, 5.74) is 9.57. The highest BCUT2D eigenvalue weighted by molar-refractivity contribution is 7.78. The van der Waals surface area contributed by atoms with E-state index in [1.54, 1.807) is 0 Å². The van der Waals surface area contributed by atoms with Crippen LogP contribution >= 0.6 is 12.2 Å². The number of fused-ring (bicyclic) bond motifs is 1. The fourth-order valence-corrected chi connectivity index (χ4v) is 4.74. The second kappa shape index (κ2) is 8.86. The van der Waals surface area contributed by atoms with Gasteiger partial charge in [0.15, 0.2) is 0 Å². The summed E-state index contributed by atoms with van der Waals surface area (Å²) in [6, 6.07) is 23.6. The number of isothiocyanates is 1. The Kier molecular flexibility index (Phi) is 5.63. The summed E-state index contributed by atoms with van der Waals surface area (Å²) in [5.74, 6) is 7.51. The molecule has 0 unspecified atom stereocenters. The van der Waals surface area contributed by atoms with E-state index in [2.05, 4.69) is 94.9 Å². The van der Waals surface area contributed by atoms with E-state index < -0.39 is 0 Å². The quantitative estimate of drug-likeness (QED) is 0.241. The Morgan fingerprint density at radius 2 is 1.55 bits per heavy atom. The Labute approximate surface area is 189 Å². The van der Waals surface area contributed by atoms with Gasteiger partial charge < -0.3 is 0 Å². The first-order chi connectivity index (χ1) is 15.3. The van der Waals surface area contributed by atoms with Crippen molar-refractivity contribution < 1.29 is 0 Å². The number of hydrogen-bond donors (Lipinski definition) is 0. The van der Waals surface area contributed by atoms with Crippen LogP contribution in [0, 0.1) is 11.8 Å². The molecule has 0 aromatic heterocycles. The molecule has 0 spiro atoms. The summed E-state index contributed by atoms with van der Waals surface area (Å²) >= 11 is 4.67. The fraction of sp³-hybridized carbons (Fsp3) is 0.207. The second-order valence-electron chi connectivity index (χ2n) is 8.36. The molecule has 0 atom stereocenters. The Bertz CT molecular complexity index is 1240. The summed E-state index contributed by atoms with van der Waals surface area (Å²) < 4.78 is 0. The molecule has 5 rings (SSSR count). The van der Waals surface area contributed by atoms with Gasteiger partial charge in [0.25, 0.3) is 0 Å². The van der Waals surface area contributed by atoms with Crippen molar-refractivity contribution in [1.29, 1.82) is 0 Å². The Morgan fingerprint density at radius 1 is 0.806 bits per heavy atom. The van der Waals surface area contributed by atoms with E-state index in [4.69, 9.17) is 0 Å². The van der Waals surface area contributed by atoms with Crippen molar-refractivity contribution in [2.24, 2.45) is 4.99 Å². The number of rotatable bonds is 3. The minimum absolute atomic E-state index is 0.757. The average molecular weight is 418 g/mol. The predicted octanol–water partition coefficient (Wildman–Crippen LogP) is 7.74. The zero-order chi connectivity index (χ0) is 21.0. The lowest BCUT2D eigenvalue weighted by Gasteiger charge is -2.08. The van der Waals surface area contributed by atoms with Crippen LogP contribution in [0.15, 0.2) is 77.3 Å². The van der Waals surface area contributed by atoms with Crippen LogP contribution < -0.4 is 0 Å². The van der Waals surface area contributed by atoms with Gasteiger partial charge >= 0.3 is 0 Å². The lowest BCUT2D eigenvalue weighted by atomic mass is 9.97. The van der Waals surface area contributed by atoms with Gasteiger partial charge in [-0.05, 0) is 89.1 Å². The van der Waals surface area contributed by atoms with Crippen LogP contribution in [0.4, 0.5) is 5.69 Å². The monoisotopic (exact) mass is 417 g/mol. The van der Waals surface area contributed by atoms with Gasteiger partial charge in [-0.15, -0.1) is 0 Å². The molecule has 0 amide bonds. The molecule has 31 heavy (non-hydrogen) atoms. The van der Waals surface area contributed by atoms with Gasteiger partial charge in [0.05, 0.1) is 10.8 Å². The van der Waals surface area contributed by atoms with Crippen LogP contribution in [0.5, 0.6) is 0 Å². The second-order valence-corrected chi connectivity index (χ2v) is 8.55. The summed E-state index contributed by atoms with van der Waals surface area (Å²) in [7, 11) is 0. The summed E-state index contributed by atoms with van der Waals surface area (Å²) in [6.07, 6.45) is 8.53. The minimum atomic E-state index is 0.757. The smallest absolute Gasteiger partial charge is 0.0739 e. The number of hydrogen-bond acceptors (Lipinski definition) is 2. The molecular formula is C29H23NS. The molecule has 0 bridgehead atoms. The van der Waals surface area contributed by atoms with Gasteiger partial charge in [-0.2, -0.15) is 4.99 Å². The van der Waals surface area contributed by atoms with E-state index in [1.807, 2.05) is 12.1 Å². The lowest BCUT2D eigenvalue weighted by molar-refractivity contribution is 0.723. The van der Waals surface area contributed by atoms with Crippen molar-refractivity contribution in [3.63, 3.8) is 0 Å². The Balaban J connectivity index is 1.29. The topological polar surface area (TPSA) is 12.4 Å². The summed E-state index contributed by atoms with van der Waals surface area (Å²) in [5, 5.41) is 2.41. The first-order valence-corrected chi connectivity index (χ1v) is 11.3. The van der Waals surface area contributed by atoms with Gasteiger partial charge in [0.2, 0.25) is 0 Å². The molecule has 150 valence electrons. The van der Waals surface area contributed by atoms with E-state index in [0.29, 0.717) is 0 Å². The third-order valence-corrected chi connectivity index (χ3v) is 6.42. The van der Waals surface area contributed by atoms with E-state index in [0.717, 1.165) is 23.6 Å². The van der Waals surface area contributed by atoms with Crippen LogP contribution in [0.25, 0.3) is 17.2 Å². The molecule has 3 aromatic carbocycles. The number of aliphatic imine (C=N–C) groups is 1. The van der Waals surface area contributed by atoms with Crippen molar-refractivity contribution in [3.8, 4) is 23.0 Å². The molecule has 2 aliphatic rings. The van der Waals surface area contributed by atoms with Crippen LogP contribution in [0.3, 0.4) is 0 Å². The zero-order valence-electron chi connectivity index (χ0n) is 17.4. The molecule has 2 aliphatic carbocycles. The molecule has 0 aliphatic heterocycles. The van der Waals surface area contributed by atoms with E-state index in [1.165, 1.54) is 59.1 Å². The SMILES string of the molecule is S=C=Nc1ccc(-c2ccc3c(c2)CC(C#Cc2ccc(C4CCCC4)cc2)=C3)cc1. The summed E-state index contributed by atoms with van der Waals surface area (Å²) in [4.78, 5) is 4.02. The average Bonchev–Trinajstić information content (AvgIpc) is 3.48. The van der Waals surface area contributed by atoms with Crippen molar-refractivity contribution in [1.82, 2.24) is 0 Å². The maximum atomic E-state index is 4.67. The molecule has 1 saturated carbocycles. The highest BCUT2D eigenvalue weighted by atomic mass is 32.1. The van der Waals surface area contributed by atoms with E-state index >= 15 is 0 Å². The van der Waals surface area contributed by atoms with Gasteiger partial charge in [-0.3, -0.25) is 0 Å². The molecule has 1 fully saturated rings. The van der Waals surface area contributed by atoms with Crippen molar-refractivity contribution in [2.75, 3.05) is 0 Å². The Hall–Kier alpha value is -3.24. The van der Waals surface area contributed by atoms with E-state index in [9.17, 15) is 0 Å². The van der Waals surface area contributed by atoms with Gasteiger partial charge in [0, 0.05) is 17.6 Å². The molecule has 1 nitrogen and oxygen atoms in total. The van der Waals surface area contributed by atoms with Crippen molar-refractivity contribution in [3.05, 3.63) is 94.6 Å². The third kappa shape index (κ3) is 4.44. The number of thiocarbonyl (C=S) groups is 1. The minimum Gasteiger partial charge on any atom is -0.195 e. The molecule has 3 aromatic rings. The van der Waals surface area contributed by atoms with Crippen LogP contribution in [-0.2, 0) is 6.42 Å². The third-order valence-electron chi connectivity index (χ3n) is 6.33. The normalized spacial score (nSPS) is 14.9. The molecule has 0 saturated heterocycles. The standard InChI is InChI=1S/C29H23NS/c31-20-30-29-15-13-25(14-16-29)27-12-11-26-17-22(18-28(26)19-27)6-5-21-7-9-24(10-8-21)23-3-1-2-4-23/h7-17,19,23H,1-4,18H2. The number of allylic oxidation sites excluding steroid dienone is 1. The van der Waals surface area contributed by atoms with E-state index in [-0.39, 0.29) is 0 Å². The predicted molar refractivity (Wildman–Crippen MR) is 133 cm³/mol. The van der Waals surface area contributed by atoms with Crippen molar-refractivity contribution in [2.45, 2.75) is 38.0 Å². The molecule has 2 heteroatoms. The highest BCUT2D eigenvalue weighted by Crippen LogP contribution is 2.34. The largest absolute Gasteiger partial charge is 0.195 e. The molecule has 0 N–H and O–H groups in total. The molecule has 0 radical (unpaired) electrons. The first kappa shape index (κ1) is 19.7. The zero-order valence-corrected chi connectivity index (χ0v) is 18.2. The van der Waals surface area contributed by atoms with Crippen molar-refractivity contribution >= 4 is 29.1 Å². The summed E-state index contributed by atoms with van der Waals surface area (Å²) in [6.45, 7) is 0. The van der Waals surface area contributed by atoms with Crippen LogP contribution in [0.1, 0.15) is 53.9 Å². The maximum Gasteiger partial charge on any atom is 0.0739 e. The molecular weight excluding hydrogens is 394 g/mol. The maximum absolute atomic E-state index is 4.67. The lowest BCUT2D eigenvalue weighted by Crippen LogP contribution is -1.91. The van der Waals surface area contributed by atoms with Gasteiger partial charge in [0.1, 0.15) is 0 Å². The fourth-order valence-electron chi connectivity index (χ4n) is 4.63. The van der Waals surface area contributed by atoms with Crippen LogP contribution in [0.2, 0.25) is 0 Å². The van der Waals surface area contributed by atoms with Gasteiger partial charge in [-0.25, -0.2) is 0 Å². The number of nitrogens with zero attached hydrogens (tertiary/aromatic N) is 1. The first-order valence-electron chi connectivity index (χ1n) is 10.9. The molecule has 0 heterocycles. The highest BCUT2D eigenvalue weighted by Gasteiger charge is 2.16.